The lowest BCUT2D eigenvalue weighted by molar-refractivity contribution is 0.0950. The van der Waals surface area contributed by atoms with Gasteiger partial charge in [0, 0.05) is 5.56 Å². The van der Waals surface area contributed by atoms with Crippen molar-refractivity contribution >= 4 is 12.1 Å². The summed E-state index contributed by atoms with van der Waals surface area (Å²) in [5.41, 5.74) is 6.79. The van der Waals surface area contributed by atoms with E-state index in [1.807, 2.05) is 24.3 Å². The average Bonchev–Trinajstić information content (AvgIpc) is 2.69. The van der Waals surface area contributed by atoms with Gasteiger partial charge in [-0.15, -0.1) is 0 Å². The highest BCUT2D eigenvalue weighted by Crippen LogP contribution is 2.22. The van der Waals surface area contributed by atoms with Crippen LogP contribution in [-0.4, -0.2) is 29.2 Å². The lowest BCUT2D eigenvalue weighted by atomic mass is 9.94. The SMILES string of the molecule is COc1ccc(-c2cncc(C(=O)NN=CC3=C(C)CCCC3)n2)cc1. The first-order valence-electron chi connectivity index (χ1n) is 8.66. The Balaban J connectivity index is 1.69. The molecule has 1 heterocycles. The molecule has 0 radical (unpaired) electrons. The number of amides is 1. The van der Waals surface area contributed by atoms with Crippen LogP contribution in [0.3, 0.4) is 0 Å². The number of aromatic nitrogens is 2. The molecule has 1 aliphatic rings. The van der Waals surface area contributed by atoms with Crippen LogP contribution >= 0.6 is 0 Å². The molecule has 6 nitrogen and oxygen atoms in total. The third kappa shape index (κ3) is 4.33. The first-order chi connectivity index (χ1) is 12.7. The molecule has 1 aromatic carbocycles. The molecule has 1 N–H and O–H groups in total. The van der Waals surface area contributed by atoms with Crippen LogP contribution in [0.2, 0.25) is 0 Å². The second-order valence-corrected chi connectivity index (χ2v) is 6.23. The highest BCUT2D eigenvalue weighted by Gasteiger charge is 2.10. The fraction of sp³-hybridized carbons (Fsp3) is 0.300. The van der Waals surface area contributed by atoms with Gasteiger partial charge in [0.15, 0.2) is 0 Å². The zero-order chi connectivity index (χ0) is 18.4. The van der Waals surface area contributed by atoms with Gasteiger partial charge in [-0.1, -0.05) is 5.57 Å². The van der Waals surface area contributed by atoms with Crippen LogP contribution in [0, 0.1) is 0 Å². The second-order valence-electron chi connectivity index (χ2n) is 6.23. The normalized spacial score (nSPS) is 14.5. The van der Waals surface area contributed by atoms with E-state index in [1.54, 1.807) is 19.5 Å². The van der Waals surface area contributed by atoms with Crippen molar-refractivity contribution in [3.05, 3.63) is 53.5 Å². The van der Waals surface area contributed by atoms with Crippen molar-refractivity contribution in [3.8, 4) is 17.0 Å². The third-order valence-electron chi connectivity index (χ3n) is 4.44. The molecule has 0 bridgehead atoms. The number of hydrogen-bond acceptors (Lipinski definition) is 5. The Morgan fingerprint density at radius 3 is 2.69 bits per heavy atom. The summed E-state index contributed by atoms with van der Waals surface area (Å²) < 4.78 is 5.15. The van der Waals surface area contributed by atoms with Gasteiger partial charge >= 0.3 is 0 Å². The van der Waals surface area contributed by atoms with Gasteiger partial charge in [-0.3, -0.25) is 9.78 Å². The summed E-state index contributed by atoms with van der Waals surface area (Å²) in [6.07, 6.45) is 9.31. The van der Waals surface area contributed by atoms with Crippen molar-refractivity contribution in [1.29, 1.82) is 0 Å². The third-order valence-corrected chi connectivity index (χ3v) is 4.44. The minimum atomic E-state index is -0.377. The maximum Gasteiger partial charge on any atom is 0.291 e. The zero-order valence-corrected chi connectivity index (χ0v) is 15.0. The van der Waals surface area contributed by atoms with Crippen LogP contribution in [0.5, 0.6) is 5.75 Å². The summed E-state index contributed by atoms with van der Waals surface area (Å²) >= 11 is 0. The van der Waals surface area contributed by atoms with E-state index in [0.717, 1.165) is 24.2 Å². The summed E-state index contributed by atoms with van der Waals surface area (Å²) in [5, 5.41) is 4.08. The van der Waals surface area contributed by atoms with Gasteiger partial charge in [-0.2, -0.15) is 5.10 Å². The number of hydrazone groups is 1. The number of rotatable bonds is 5. The lowest BCUT2D eigenvalue weighted by Crippen LogP contribution is -2.19. The molecular formula is C20H22N4O2. The Labute approximate surface area is 153 Å². The summed E-state index contributed by atoms with van der Waals surface area (Å²) in [5.74, 6) is 0.385. The first kappa shape index (κ1) is 17.8. The summed E-state index contributed by atoms with van der Waals surface area (Å²) in [6.45, 7) is 2.12. The number of ether oxygens (including phenoxy) is 1. The van der Waals surface area contributed by atoms with Gasteiger partial charge in [0.05, 0.1) is 31.4 Å². The van der Waals surface area contributed by atoms with Crippen molar-refractivity contribution in [1.82, 2.24) is 15.4 Å². The van der Waals surface area contributed by atoms with Gasteiger partial charge in [-0.25, -0.2) is 10.4 Å². The van der Waals surface area contributed by atoms with Crippen LogP contribution in [0.15, 0.2) is 52.9 Å². The van der Waals surface area contributed by atoms with Crippen molar-refractivity contribution < 1.29 is 9.53 Å². The highest BCUT2D eigenvalue weighted by molar-refractivity contribution is 5.93. The number of allylic oxidation sites excluding steroid dienone is 2. The minimum Gasteiger partial charge on any atom is -0.497 e. The van der Waals surface area contributed by atoms with E-state index >= 15 is 0 Å². The molecule has 2 aromatic rings. The van der Waals surface area contributed by atoms with Crippen molar-refractivity contribution in [2.24, 2.45) is 5.10 Å². The molecule has 0 saturated carbocycles. The Morgan fingerprint density at radius 1 is 1.19 bits per heavy atom. The van der Waals surface area contributed by atoms with E-state index < -0.39 is 0 Å². The van der Waals surface area contributed by atoms with Gasteiger partial charge < -0.3 is 4.74 Å². The second kappa shape index (κ2) is 8.38. The predicted molar refractivity (Wildman–Crippen MR) is 101 cm³/mol. The summed E-state index contributed by atoms with van der Waals surface area (Å²) in [4.78, 5) is 20.8. The van der Waals surface area contributed by atoms with Crippen LogP contribution in [0.4, 0.5) is 0 Å². The Kier molecular flexibility index (Phi) is 5.73. The maximum atomic E-state index is 12.3. The molecule has 0 saturated heterocycles. The number of carbonyl (C=O) groups is 1. The van der Waals surface area contributed by atoms with E-state index in [4.69, 9.17) is 4.74 Å². The number of benzene rings is 1. The van der Waals surface area contributed by atoms with Crippen LogP contribution in [-0.2, 0) is 0 Å². The zero-order valence-electron chi connectivity index (χ0n) is 15.0. The van der Waals surface area contributed by atoms with Crippen LogP contribution in [0.25, 0.3) is 11.3 Å². The molecule has 1 aliphatic carbocycles. The topological polar surface area (TPSA) is 76.5 Å². The van der Waals surface area contributed by atoms with Crippen LogP contribution in [0.1, 0.15) is 43.1 Å². The van der Waals surface area contributed by atoms with Gasteiger partial charge in [0.25, 0.3) is 5.91 Å². The highest BCUT2D eigenvalue weighted by atomic mass is 16.5. The standard InChI is InChI=1S/C20H22N4O2/c1-14-5-3-4-6-16(14)11-22-24-20(25)19-13-21-12-18(23-19)15-7-9-17(26-2)10-8-15/h7-13H,3-6H2,1-2H3,(H,24,25). The molecule has 6 heteroatoms. The van der Waals surface area contributed by atoms with E-state index in [-0.39, 0.29) is 11.6 Å². The maximum absolute atomic E-state index is 12.3. The molecule has 3 rings (SSSR count). The fourth-order valence-corrected chi connectivity index (χ4v) is 2.86. The first-order valence-corrected chi connectivity index (χ1v) is 8.66. The average molecular weight is 350 g/mol. The smallest absolute Gasteiger partial charge is 0.291 e. The van der Waals surface area contributed by atoms with Crippen LogP contribution < -0.4 is 10.2 Å². The Bertz CT molecular complexity index is 841. The summed E-state index contributed by atoms with van der Waals surface area (Å²) in [6, 6.07) is 7.44. The van der Waals surface area contributed by atoms with E-state index in [9.17, 15) is 4.79 Å². The van der Waals surface area contributed by atoms with E-state index in [2.05, 4.69) is 27.4 Å². The number of carbonyl (C=O) groups excluding carboxylic acids is 1. The molecule has 1 aromatic heterocycles. The van der Waals surface area contributed by atoms with Crippen molar-refractivity contribution in [2.45, 2.75) is 32.6 Å². The van der Waals surface area contributed by atoms with E-state index in [1.165, 1.54) is 30.2 Å². The number of methoxy groups -OCH3 is 1. The largest absolute Gasteiger partial charge is 0.497 e. The fourth-order valence-electron chi connectivity index (χ4n) is 2.86. The molecular weight excluding hydrogens is 328 g/mol. The van der Waals surface area contributed by atoms with Gasteiger partial charge in [-0.05, 0) is 62.4 Å². The van der Waals surface area contributed by atoms with Gasteiger partial charge in [0.2, 0.25) is 0 Å². The number of hydrogen-bond donors (Lipinski definition) is 1. The molecule has 26 heavy (non-hydrogen) atoms. The molecule has 1 amide bonds. The lowest BCUT2D eigenvalue weighted by Gasteiger charge is -2.13. The molecule has 134 valence electrons. The quantitative estimate of drug-likeness (QED) is 0.658. The minimum absolute atomic E-state index is 0.227. The molecule has 0 spiro atoms. The van der Waals surface area contributed by atoms with Crippen molar-refractivity contribution in [2.75, 3.05) is 7.11 Å². The van der Waals surface area contributed by atoms with Gasteiger partial charge in [0.1, 0.15) is 11.4 Å². The molecule has 0 unspecified atom stereocenters. The summed E-state index contributed by atoms with van der Waals surface area (Å²) in [7, 11) is 1.62. The monoisotopic (exact) mass is 350 g/mol. The number of nitrogens with one attached hydrogen (secondary N) is 1. The molecule has 0 aliphatic heterocycles. The number of nitrogens with zero attached hydrogens (tertiary/aromatic N) is 3. The molecule has 0 atom stereocenters. The van der Waals surface area contributed by atoms with Crippen molar-refractivity contribution in [3.63, 3.8) is 0 Å². The Hall–Kier alpha value is -3.02. The van der Waals surface area contributed by atoms with E-state index in [0.29, 0.717) is 5.69 Å². The Morgan fingerprint density at radius 2 is 1.96 bits per heavy atom. The predicted octanol–water partition coefficient (Wildman–Crippen LogP) is 3.76. The molecule has 0 fully saturated rings.